The minimum atomic E-state index is -3.69. The lowest BCUT2D eigenvalue weighted by molar-refractivity contribution is -0.384. The molecule has 1 saturated heterocycles. The second-order valence-electron chi connectivity index (χ2n) is 6.36. The van der Waals surface area contributed by atoms with Crippen LogP contribution in [0.25, 0.3) is 0 Å². The van der Waals surface area contributed by atoms with Gasteiger partial charge in [0.15, 0.2) is 0 Å². The first-order valence-electron chi connectivity index (χ1n) is 8.76. The number of sulfonamides is 1. The van der Waals surface area contributed by atoms with Gasteiger partial charge in [0.25, 0.3) is 11.6 Å². The summed E-state index contributed by atoms with van der Waals surface area (Å²) in [6.45, 7) is 0.654. The summed E-state index contributed by atoms with van der Waals surface area (Å²) in [7, 11) is -2.07. The normalized spacial score (nSPS) is 15.2. The summed E-state index contributed by atoms with van der Waals surface area (Å²) in [4.78, 5) is 25.1. The molecule has 0 saturated carbocycles. The number of piperazine rings is 1. The Kier molecular flexibility index (Phi) is 6.20. The van der Waals surface area contributed by atoms with E-state index in [2.05, 4.69) is 21.2 Å². The number of hydrogen-bond acceptors (Lipinski definition) is 6. The summed E-state index contributed by atoms with van der Waals surface area (Å²) in [6.07, 6.45) is 0. The molecule has 1 aliphatic heterocycles. The van der Waals surface area contributed by atoms with Crippen molar-refractivity contribution in [3.63, 3.8) is 0 Å². The highest BCUT2D eigenvalue weighted by Crippen LogP contribution is 2.27. The molecule has 0 radical (unpaired) electrons. The van der Waals surface area contributed by atoms with Crippen LogP contribution in [0.15, 0.2) is 51.8 Å². The Balaban J connectivity index is 1.78. The van der Waals surface area contributed by atoms with Crippen molar-refractivity contribution in [3.05, 3.63) is 62.6 Å². The molecule has 1 amide bonds. The van der Waals surface area contributed by atoms with Gasteiger partial charge in [-0.15, -0.1) is 0 Å². The zero-order valence-corrected chi connectivity index (χ0v) is 17.9. The van der Waals surface area contributed by atoms with Crippen molar-refractivity contribution in [1.82, 2.24) is 9.21 Å². The Labute approximate surface area is 176 Å². The Bertz CT molecular complexity index is 1050. The number of carbonyl (C=O) groups is 1. The van der Waals surface area contributed by atoms with Crippen LogP contribution in [0.2, 0.25) is 0 Å². The van der Waals surface area contributed by atoms with E-state index in [1.54, 1.807) is 25.2 Å². The van der Waals surface area contributed by atoms with E-state index in [0.29, 0.717) is 10.2 Å². The fourth-order valence-corrected chi connectivity index (χ4v) is 5.52. The molecule has 9 nitrogen and oxygen atoms in total. The first kappa shape index (κ1) is 21.2. The minimum absolute atomic E-state index is 0.138. The molecular weight excluding hydrogens is 464 g/mol. The molecular formula is C18H19BrN4O5S. The number of rotatable bonds is 5. The lowest BCUT2D eigenvalue weighted by Crippen LogP contribution is -2.50. The number of nitrogens with one attached hydrogen (secondary N) is 1. The van der Waals surface area contributed by atoms with Crippen LogP contribution in [0, 0.1) is 10.1 Å². The van der Waals surface area contributed by atoms with Gasteiger partial charge in [0.2, 0.25) is 10.0 Å². The van der Waals surface area contributed by atoms with Crippen molar-refractivity contribution in [2.24, 2.45) is 0 Å². The highest BCUT2D eigenvalue weighted by atomic mass is 79.9. The third kappa shape index (κ3) is 4.26. The molecule has 1 aliphatic rings. The summed E-state index contributed by atoms with van der Waals surface area (Å²) in [6, 6.07) is 10.6. The average molecular weight is 483 g/mol. The number of carbonyl (C=O) groups excluding carboxylic acids is 1. The second kappa shape index (κ2) is 8.47. The number of non-ortho nitro benzene ring substituents is 1. The minimum Gasteiger partial charge on any atom is -0.387 e. The largest absolute Gasteiger partial charge is 0.387 e. The van der Waals surface area contributed by atoms with Crippen molar-refractivity contribution >= 4 is 43.2 Å². The number of hydrogen-bond donors (Lipinski definition) is 1. The molecule has 3 rings (SSSR count). The van der Waals surface area contributed by atoms with E-state index in [0.717, 1.165) is 0 Å². The second-order valence-corrected chi connectivity index (χ2v) is 9.12. The van der Waals surface area contributed by atoms with Gasteiger partial charge in [0.05, 0.1) is 15.4 Å². The van der Waals surface area contributed by atoms with Gasteiger partial charge in [-0.25, -0.2) is 8.42 Å². The molecule has 11 heteroatoms. The molecule has 29 heavy (non-hydrogen) atoms. The van der Waals surface area contributed by atoms with Crippen LogP contribution in [0.5, 0.6) is 0 Å². The van der Waals surface area contributed by atoms with Gasteiger partial charge in [-0.3, -0.25) is 14.9 Å². The average Bonchev–Trinajstić information content (AvgIpc) is 2.73. The Morgan fingerprint density at radius 1 is 1.14 bits per heavy atom. The van der Waals surface area contributed by atoms with E-state index >= 15 is 0 Å². The van der Waals surface area contributed by atoms with E-state index in [-0.39, 0.29) is 48.2 Å². The Morgan fingerprint density at radius 2 is 1.79 bits per heavy atom. The van der Waals surface area contributed by atoms with Gasteiger partial charge in [-0.1, -0.05) is 12.1 Å². The number of nitro groups is 1. The van der Waals surface area contributed by atoms with E-state index in [1.165, 1.54) is 33.5 Å². The predicted octanol–water partition coefficient (Wildman–Crippen LogP) is 2.55. The smallest absolute Gasteiger partial charge is 0.270 e. The van der Waals surface area contributed by atoms with Gasteiger partial charge in [0, 0.05) is 55.5 Å². The summed E-state index contributed by atoms with van der Waals surface area (Å²) in [5.74, 6) is -0.379. The molecule has 154 valence electrons. The third-order valence-electron chi connectivity index (χ3n) is 4.69. The van der Waals surface area contributed by atoms with Gasteiger partial charge < -0.3 is 10.2 Å². The lowest BCUT2D eigenvalue weighted by atomic mass is 10.1. The van der Waals surface area contributed by atoms with Crippen LogP contribution < -0.4 is 5.32 Å². The van der Waals surface area contributed by atoms with Crippen molar-refractivity contribution < 1.29 is 18.1 Å². The SMILES string of the molecule is CNc1ccc([N+](=O)[O-])cc1C(=O)N1CCN(S(=O)(=O)c2ccccc2Br)CC1. The van der Waals surface area contributed by atoms with E-state index in [4.69, 9.17) is 0 Å². The van der Waals surface area contributed by atoms with Gasteiger partial charge >= 0.3 is 0 Å². The van der Waals surface area contributed by atoms with Crippen molar-refractivity contribution in [2.75, 3.05) is 38.5 Å². The highest BCUT2D eigenvalue weighted by Gasteiger charge is 2.32. The number of nitro benzene ring substituents is 1. The van der Waals surface area contributed by atoms with Crippen LogP contribution in [-0.4, -0.2) is 61.7 Å². The number of anilines is 1. The zero-order valence-electron chi connectivity index (χ0n) is 15.5. The van der Waals surface area contributed by atoms with Crippen LogP contribution >= 0.6 is 15.9 Å². The van der Waals surface area contributed by atoms with Crippen LogP contribution in [0.3, 0.4) is 0 Å². The molecule has 1 N–H and O–H groups in total. The summed E-state index contributed by atoms with van der Waals surface area (Å²) >= 11 is 3.27. The molecule has 1 heterocycles. The fraction of sp³-hybridized carbons (Fsp3) is 0.278. The van der Waals surface area contributed by atoms with Crippen LogP contribution in [0.1, 0.15) is 10.4 Å². The molecule has 2 aromatic rings. The topological polar surface area (TPSA) is 113 Å². The quantitative estimate of drug-likeness (QED) is 0.517. The van der Waals surface area contributed by atoms with E-state index in [1.807, 2.05) is 0 Å². The summed E-state index contributed by atoms with van der Waals surface area (Å²) in [5, 5.41) is 13.9. The number of halogens is 1. The third-order valence-corrected chi connectivity index (χ3v) is 7.60. The van der Waals surface area contributed by atoms with Crippen molar-refractivity contribution in [1.29, 1.82) is 0 Å². The van der Waals surface area contributed by atoms with E-state index in [9.17, 15) is 23.3 Å². The molecule has 1 fully saturated rings. The molecule has 0 spiro atoms. The maximum atomic E-state index is 12.9. The molecule has 0 aliphatic carbocycles. The van der Waals surface area contributed by atoms with Crippen LogP contribution in [0.4, 0.5) is 11.4 Å². The fourth-order valence-electron chi connectivity index (χ4n) is 3.14. The predicted molar refractivity (Wildman–Crippen MR) is 111 cm³/mol. The van der Waals surface area contributed by atoms with E-state index < -0.39 is 14.9 Å². The first-order chi connectivity index (χ1) is 13.8. The summed E-state index contributed by atoms with van der Waals surface area (Å²) in [5.41, 5.74) is 0.482. The molecule has 0 aromatic heterocycles. The number of benzene rings is 2. The highest BCUT2D eigenvalue weighted by molar-refractivity contribution is 9.10. The maximum absolute atomic E-state index is 12.9. The first-order valence-corrected chi connectivity index (χ1v) is 11.0. The summed E-state index contributed by atoms with van der Waals surface area (Å²) < 4.78 is 27.6. The maximum Gasteiger partial charge on any atom is 0.270 e. The Hall–Kier alpha value is -2.50. The molecule has 2 aromatic carbocycles. The zero-order chi connectivity index (χ0) is 21.2. The molecule has 0 atom stereocenters. The van der Waals surface area contributed by atoms with Crippen molar-refractivity contribution in [2.45, 2.75) is 4.90 Å². The van der Waals surface area contributed by atoms with Crippen LogP contribution in [-0.2, 0) is 10.0 Å². The molecule has 0 unspecified atom stereocenters. The number of nitrogens with zero attached hydrogens (tertiary/aromatic N) is 3. The van der Waals surface area contributed by atoms with Gasteiger partial charge in [-0.05, 0) is 34.1 Å². The number of amides is 1. The Morgan fingerprint density at radius 3 is 2.38 bits per heavy atom. The van der Waals surface area contributed by atoms with Gasteiger partial charge in [-0.2, -0.15) is 4.31 Å². The molecule has 0 bridgehead atoms. The standard InChI is InChI=1S/C18H19BrN4O5S/c1-20-16-7-6-13(23(25)26)12-14(16)18(24)21-8-10-22(11-9-21)29(27,28)17-5-3-2-4-15(17)19/h2-7,12,20H,8-11H2,1H3. The monoisotopic (exact) mass is 482 g/mol. The van der Waals surface area contributed by atoms with Gasteiger partial charge in [0.1, 0.15) is 0 Å². The van der Waals surface area contributed by atoms with Crippen molar-refractivity contribution in [3.8, 4) is 0 Å². The lowest BCUT2D eigenvalue weighted by Gasteiger charge is -2.34.